The molecule has 142 valence electrons. The van der Waals surface area contributed by atoms with Crippen LogP contribution in [0.4, 0.5) is 5.69 Å². The van der Waals surface area contributed by atoms with Gasteiger partial charge in [-0.05, 0) is 57.5 Å². The van der Waals surface area contributed by atoms with E-state index >= 15 is 0 Å². The molecule has 0 N–H and O–H groups in total. The van der Waals surface area contributed by atoms with E-state index in [0.29, 0.717) is 12.1 Å². The minimum absolute atomic E-state index is 0.0446. The fourth-order valence-electron chi connectivity index (χ4n) is 3.17. The molecule has 0 bridgehead atoms. The van der Waals surface area contributed by atoms with Crippen molar-refractivity contribution in [3.63, 3.8) is 0 Å². The number of fused-ring (bicyclic) bond motifs is 1. The van der Waals surface area contributed by atoms with E-state index < -0.39 is 5.60 Å². The molecule has 0 saturated heterocycles. The molecule has 1 amide bonds. The molecule has 0 spiro atoms. The maximum Gasteiger partial charge on any atom is 0.313 e. The number of carbonyl (C=O) groups is 2. The van der Waals surface area contributed by atoms with E-state index in [1.165, 1.54) is 0 Å². The van der Waals surface area contributed by atoms with Crippen LogP contribution in [0.3, 0.4) is 0 Å². The Kier molecular flexibility index (Phi) is 4.96. The lowest BCUT2D eigenvalue weighted by atomic mass is 10.0. The molecule has 0 aromatic heterocycles. The monoisotopic (exact) mass is 367 g/mol. The lowest BCUT2D eigenvalue weighted by Crippen LogP contribution is -2.27. The van der Waals surface area contributed by atoms with Crippen molar-refractivity contribution in [2.75, 3.05) is 12.0 Å². The van der Waals surface area contributed by atoms with Crippen molar-refractivity contribution in [2.45, 2.75) is 45.8 Å². The van der Waals surface area contributed by atoms with Crippen LogP contribution in [0, 0.1) is 0 Å². The second kappa shape index (κ2) is 7.06. The lowest BCUT2D eigenvalue weighted by Gasteiger charge is -2.23. The van der Waals surface area contributed by atoms with E-state index in [2.05, 4.69) is 0 Å². The summed E-state index contributed by atoms with van der Waals surface area (Å²) in [5.74, 6) is 0.0462. The minimum Gasteiger partial charge on any atom is -0.496 e. The first-order valence-electron chi connectivity index (χ1n) is 9.02. The molecule has 2 aromatic carbocycles. The average molecular weight is 367 g/mol. The maximum atomic E-state index is 12.7. The molecule has 5 nitrogen and oxygen atoms in total. The molecule has 5 heteroatoms. The van der Waals surface area contributed by atoms with Gasteiger partial charge < -0.3 is 14.4 Å². The van der Waals surface area contributed by atoms with Gasteiger partial charge >= 0.3 is 5.97 Å². The third kappa shape index (κ3) is 3.82. The molecule has 27 heavy (non-hydrogen) atoms. The van der Waals surface area contributed by atoms with Gasteiger partial charge in [0.1, 0.15) is 11.4 Å². The van der Waals surface area contributed by atoms with Gasteiger partial charge in [-0.25, -0.2) is 0 Å². The Bertz CT molecular complexity index is 865. The first-order chi connectivity index (χ1) is 12.7. The summed E-state index contributed by atoms with van der Waals surface area (Å²) in [4.78, 5) is 26.7. The van der Waals surface area contributed by atoms with Crippen LogP contribution in [0.1, 0.15) is 55.1 Å². The van der Waals surface area contributed by atoms with Crippen LogP contribution in [0.15, 0.2) is 42.5 Å². The fourth-order valence-corrected chi connectivity index (χ4v) is 3.17. The minimum atomic E-state index is -0.516. The molecule has 2 aromatic rings. The Labute approximate surface area is 159 Å². The SMILES string of the molecule is COc1cccc2c1CN(c1ccc(C(C)C(=O)OC(C)(C)C)cc1)C2=O. The maximum absolute atomic E-state index is 12.7. The molecule has 0 radical (unpaired) electrons. The number of amides is 1. The molecule has 1 aliphatic heterocycles. The molecular weight excluding hydrogens is 342 g/mol. The Morgan fingerprint density at radius 2 is 1.78 bits per heavy atom. The Balaban J connectivity index is 1.79. The summed E-state index contributed by atoms with van der Waals surface area (Å²) in [5.41, 5.74) is 2.70. The first kappa shape index (κ1) is 19.0. The van der Waals surface area contributed by atoms with E-state index in [9.17, 15) is 9.59 Å². The topological polar surface area (TPSA) is 55.8 Å². The molecule has 1 aliphatic rings. The summed E-state index contributed by atoms with van der Waals surface area (Å²) in [5, 5.41) is 0. The van der Waals surface area contributed by atoms with Gasteiger partial charge in [0, 0.05) is 16.8 Å². The van der Waals surface area contributed by atoms with Gasteiger partial charge in [-0.3, -0.25) is 9.59 Å². The normalized spacial score (nSPS) is 14.7. The van der Waals surface area contributed by atoms with Crippen LogP contribution in [0.25, 0.3) is 0 Å². The van der Waals surface area contributed by atoms with Crippen LogP contribution in [0.2, 0.25) is 0 Å². The highest BCUT2D eigenvalue weighted by molar-refractivity contribution is 6.10. The highest BCUT2D eigenvalue weighted by Crippen LogP contribution is 2.34. The number of benzene rings is 2. The quantitative estimate of drug-likeness (QED) is 0.756. The fraction of sp³-hybridized carbons (Fsp3) is 0.364. The second-order valence-corrected chi connectivity index (χ2v) is 7.72. The molecule has 0 fully saturated rings. The Hall–Kier alpha value is -2.82. The van der Waals surface area contributed by atoms with Gasteiger partial charge in [-0.1, -0.05) is 18.2 Å². The Morgan fingerprint density at radius 3 is 2.37 bits per heavy atom. The smallest absolute Gasteiger partial charge is 0.313 e. The van der Waals surface area contributed by atoms with E-state index in [4.69, 9.17) is 9.47 Å². The largest absolute Gasteiger partial charge is 0.496 e. The van der Waals surface area contributed by atoms with E-state index in [-0.39, 0.29) is 17.8 Å². The average Bonchev–Trinajstić information content (AvgIpc) is 2.97. The van der Waals surface area contributed by atoms with Crippen LogP contribution in [-0.4, -0.2) is 24.6 Å². The number of anilines is 1. The summed E-state index contributed by atoms with van der Waals surface area (Å²) >= 11 is 0. The van der Waals surface area contributed by atoms with Crippen molar-refractivity contribution in [3.8, 4) is 5.75 Å². The molecule has 0 aliphatic carbocycles. The number of carbonyl (C=O) groups excluding carboxylic acids is 2. The lowest BCUT2D eigenvalue weighted by molar-refractivity contribution is -0.156. The molecule has 3 rings (SSSR count). The molecule has 1 atom stereocenters. The predicted octanol–water partition coefficient (Wildman–Crippen LogP) is 4.30. The summed E-state index contributed by atoms with van der Waals surface area (Å²) in [6.45, 7) is 7.85. The number of ether oxygens (including phenoxy) is 2. The number of hydrogen-bond donors (Lipinski definition) is 0. The van der Waals surface area contributed by atoms with Crippen molar-refractivity contribution in [1.82, 2.24) is 0 Å². The highest BCUT2D eigenvalue weighted by atomic mass is 16.6. The number of nitrogens with zero attached hydrogens (tertiary/aromatic N) is 1. The predicted molar refractivity (Wildman–Crippen MR) is 104 cm³/mol. The van der Waals surface area contributed by atoms with Gasteiger partial charge in [0.2, 0.25) is 0 Å². The zero-order valence-corrected chi connectivity index (χ0v) is 16.4. The zero-order valence-electron chi connectivity index (χ0n) is 16.4. The molecule has 1 unspecified atom stereocenters. The summed E-state index contributed by atoms with van der Waals surface area (Å²) in [7, 11) is 1.61. The van der Waals surface area contributed by atoms with Crippen molar-refractivity contribution < 1.29 is 19.1 Å². The summed E-state index contributed by atoms with van der Waals surface area (Å²) in [6, 6.07) is 13.0. The number of methoxy groups -OCH3 is 1. The van der Waals surface area contributed by atoms with E-state index in [0.717, 1.165) is 22.6 Å². The second-order valence-electron chi connectivity index (χ2n) is 7.72. The van der Waals surface area contributed by atoms with Crippen LogP contribution in [0.5, 0.6) is 5.75 Å². The number of rotatable bonds is 4. The van der Waals surface area contributed by atoms with Crippen molar-refractivity contribution >= 4 is 17.6 Å². The zero-order chi connectivity index (χ0) is 19.8. The van der Waals surface area contributed by atoms with Crippen molar-refractivity contribution in [2.24, 2.45) is 0 Å². The molecule has 0 saturated carbocycles. The van der Waals surface area contributed by atoms with Crippen LogP contribution >= 0.6 is 0 Å². The van der Waals surface area contributed by atoms with Crippen molar-refractivity contribution in [3.05, 3.63) is 59.2 Å². The van der Waals surface area contributed by atoms with Crippen LogP contribution in [-0.2, 0) is 16.1 Å². The number of esters is 1. The van der Waals surface area contributed by atoms with Gasteiger partial charge in [-0.15, -0.1) is 0 Å². The third-order valence-electron chi connectivity index (χ3n) is 4.61. The summed E-state index contributed by atoms with van der Waals surface area (Å²) in [6.07, 6.45) is 0. The number of hydrogen-bond acceptors (Lipinski definition) is 4. The standard InChI is InChI=1S/C22H25NO4/c1-14(21(25)27-22(2,3)4)15-9-11-16(12-10-15)23-13-18-17(20(23)24)7-6-8-19(18)26-5/h6-12,14H,13H2,1-5H3. The van der Waals surface area contributed by atoms with E-state index in [1.54, 1.807) is 12.0 Å². The molecule has 1 heterocycles. The molecular formula is C22H25NO4. The van der Waals surface area contributed by atoms with Gasteiger partial charge in [-0.2, -0.15) is 0 Å². The van der Waals surface area contributed by atoms with Gasteiger partial charge in [0.15, 0.2) is 0 Å². The Morgan fingerprint density at radius 1 is 1.11 bits per heavy atom. The van der Waals surface area contributed by atoms with Crippen molar-refractivity contribution in [1.29, 1.82) is 0 Å². The van der Waals surface area contributed by atoms with Crippen LogP contribution < -0.4 is 9.64 Å². The summed E-state index contributed by atoms with van der Waals surface area (Å²) < 4.78 is 10.8. The van der Waals surface area contributed by atoms with Gasteiger partial charge in [0.05, 0.1) is 19.6 Å². The van der Waals surface area contributed by atoms with E-state index in [1.807, 2.05) is 70.2 Å². The third-order valence-corrected chi connectivity index (χ3v) is 4.61. The highest BCUT2D eigenvalue weighted by Gasteiger charge is 2.31. The first-order valence-corrected chi connectivity index (χ1v) is 9.02. The van der Waals surface area contributed by atoms with Gasteiger partial charge in [0.25, 0.3) is 5.91 Å².